The first-order chi connectivity index (χ1) is 8.58. The fourth-order valence-electron chi connectivity index (χ4n) is 3.81. The molecular formula is C16H24O2. The number of carbonyl (C=O) groups excluding carboxylic acids is 1. The maximum atomic E-state index is 10.1. The quantitative estimate of drug-likeness (QED) is 0.526. The highest BCUT2D eigenvalue weighted by Crippen LogP contribution is 2.60. The maximum absolute atomic E-state index is 10.1. The minimum atomic E-state index is 0.352. The second-order valence-electron chi connectivity index (χ2n) is 6.15. The first kappa shape index (κ1) is 13.4. The Balaban J connectivity index is 1.86. The fraction of sp³-hybridized carbons (Fsp3) is 0.688. The van der Waals surface area contributed by atoms with E-state index in [0.29, 0.717) is 18.5 Å². The van der Waals surface area contributed by atoms with Gasteiger partial charge in [-0.25, -0.2) is 0 Å². The molecule has 0 heterocycles. The Bertz CT molecular complexity index is 369. The molecule has 3 unspecified atom stereocenters. The lowest BCUT2D eigenvalue weighted by molar-refractivity contribution is -0.127. The van der Waals surface area contributed by atoms with E-state index in [2.05, 4.69) is 19.6 Å². The standard InChI is InChI=1S/C16H24O2/c1-12(10-18-11-17)5-4-8-16(3)13(2)14-6-7-15(16)9-14/h5,11,14-15H,2,4,6-10H2,1,3H3/b12-5+. The average molecular weight is 248 g/mol. The molecule has 0 aromatic heterocycles. The molecule has 0 aromatic carbocycles. The van der Waals surface area contributed by atoms with E-state index < -0.39 is 0 Å². The monoisotopic (exact) mass is 248 g/mol. The molecule has 0 aliphatic heterocycles. The number of hydrogen-bond donors (Lipinski definition) is 0. The number of ether oxygens (including phenoxy) is 1. The van der Waals surface area contributed by atoms with Gasteiger partial charge in [0.05, 0.1) is 0 Å². The van der Waals surface area contributed by atoms with E-state index in [0.717, 1.165) is 23.8 Å². The van der Waals surface area contributed by atoms with Crippen molar-refractivity contribution < 1.29 is 9.53 Å². The molecule has 18 heavy (non-hydrogen) atoms. The number of carbonyl (C=O) groups is 1. The summed E-state index contributed by atoms with van der Waals surface area (Å²) < 4.78 is 4.75. The molecule has 2 aliphatic carbocycles. The molecule has 2 nitrogen and oxygen atoms in total. The van der Waals surface area contributed by atoms with Crippen LogP contribution < -0.4 is 0 Å². The number of rotatable bonds is 6. The van der Waals surface area contributed by atoms with Gasteiger partial charge in [0.15, 0.2) is 0 Å². The van der Waals surface area contributed by atoms with E-state index in [1.807, 2.05) is 6.92 Å². The highest BCUT2D eigenvalue weighted by Gasteiger charge is 2.49. The van der Waals surface area contributed by atoms with E-state index in [9.17, 15) is 4.79 Å². The topological polar surface area (TPSA) is 26.3 Å². The van der Waals surface area contributed by atoms with Gasteiger partial charge in [0.2, 0.25) is 0 Å². The molecule has 0 N–H and O–H groups in total. The third kappa shape index (κ3) is 2.38. The highest BCUT2D eigenvalue weighted by atomic mass is 16.5. The van der Waals surface area contributed by atoms with Crippen molar-refractivity contribution in [3.8, 4) is 0 Å². The summed E-state index contributed by atoms with van der Waals surface area (Å²) in [4.78, 5) is 10.1. The van der Waals surface area contributed by atoms with Crippen LogP contribution in [0.1, 0.15) is 46.0 Å². The van der Waals surface area contributed by atoms with Crippen molar-refractivity contribution in [3.63, 3.8) is 0 Å². The first-order valence-corrected chi connectivity index (χ1v) is 6.98. The van der Waals surface area contributed by atoms with Crippen LogP contribution in [0.15, 0.2) is 23.8 Å². The van der Waals surface area contributed by atoms with Gasteiger partial charge in [0.1, 0.15) is 6.61 Å². The van der Waals surface area contributed by atoms with E-state index in [-0.39, 0.29) is 0 Å². The van der Waals surface area contributed by atoms with Crippen LogP contribution >= 0.6 is 0 Å². The van der Waals surface area contributed by atoms with Gasteiger partial charge in [-0.2, -0.15) is 0 Å². The van der Waals surface area contributed by atoms with Gasteiger partial charge in [-0.15, -0.1) is 0 Å². The van der Waals surface area contributed by atoms with Crippen molar-refractivity contribution in [1.82, 2.24) is 0 Å². The summed E-state index contributed by atoms with van der Waals surface area (Å²) in [5.41, 5.74) is 2.99. The van der Waals surface area contributed by atoms with Crippen LogP contribution in [-0.4, -0.2) is 13.1 Å². The molecule has 2 heteroatoms. The third-order valence-corrected chi connectivity index (χ3v) is 5.10. The number of fused-ring (bicyclic) bond motifs is 2. The summed E-state index contributed by atoms with van der Waals surface area (Å²) in [6.45, 7) is 9.69. The van der Waals surface area contributed by atoms with Crippen molar-refractivity contribution >= 4 is 6.47 Å². The molecule has 2 fully saturated rings. The number of hydrogen-bond acceptors (Lipinski definition) is 2. The van der Waals surface area contributed by atoms with Crippen LogP contribution in [0.5, 0.6) is 0 Å². The van der Waals surface area contributed by atoms with Gasteiger partial charge < -0.3 is 4.74 Å². The Morgan fingerprint density at radius 2 is 2.33 bits per heavy atom. The summed E-state index contributed by atoms with van der Waals surface area (Å²) in [5, 5.41) is 0. The lowest BCUT2D eigenvalue weighted by Gasteiger charge is -2.36. The molecule has 0 amide bonds. The van der Waals surface area contributed by atoms with Crippen molar-refractivity contribution in [2.24, 2.45) is 17.3 Å². The smallest absolute Gasteiger partial charge is 0.293 e. The Labute approximate surface area is 110 Å². The second kappa shape index (κ2) is 5.29. The van der Waals surface area contributed by atoms with Gasteiger partial charge in [-0.1, -0.05) is 25.2 Å². The maximum Gasteiger partial charge on any atom is 0.293 e. The van der Waals surface area contributed by atoms with Gasteiger partial charge in [-0.05, 0) is 61.9 Å². The van der Waals surface area contributed by atoms with E-state index in [4.69, 9.17) is 4.74 Å². The number of allylic oxidation sites excluding steroid dienone is 2. The average Bonchev–Trinajstić information content (AvgIpc) is 2.91. The Morgan fingerprint density at radius 3 is 2.94 bits per heavy atom. The van der Waals surface area contributed by atoms with Crippen LogP contribution in [0, 0.1) is 17.3 Å². The van der Waals surface area contributed by atoms with Gasteiger partial charge in [0, 0.05) is 0 Å². The molecule has 0 saturated heterocycles. The summed E-state index contributed by atoms with van der Waals surface area (Å²) in [6, 6.07) is 0. The van der Waals surface area contributed by atoms with Crippen molar-refractivity contribution in [3.05, 3.63) is 23.8 Å². The lowest BCUT2D eigenvalue weighted by Crippen LogP contribution is -2.26. The summed E-state index contributed by atoms with van der Waals surface area (Å²) in [7, 11) is 0. The second-order valence-corrected chi connectivity index (χ2v) is 6.15. The largest absolute Gasteiger partial charge is 0.463 e. The minimum Gasteiger partial charge on any atom is -0.463 e. The normalized spacial score (nSPS) is 35.0. The van der Waals surface area contributed by atoms with Crippen molar-refractivity contribution in [2.45, 2.75) is 46.0 Å². The highest BCUT2D eigenvalue weighted by molar-refractivity contribution is 5.37. The molecule has 100 valence electrons. The minimum absolute atomic E-state index is 0.352. The summed E-state index contributed by atoms with van der Waals surface area (Å²) in [5.74, 6) is 1.65. The molecule has 2 rings (SSSR count). The summed E-state index contributed by atoms with van der Waals surface area (Å²) in [6.07, 6.45) is 8.57. The third-order valence-electron chi connectivity index (χ3n) is 5.10. The molecule has 2 bridgehead atoms. The van der Waals surface area contributed by atoms with Gasteiger partial charge in [-0.3, -0.25) is 4.79 Å². The van der Waals surface area contributed by atoms with E-state index >= 15 is 0 Å². The van der Waals surface area contributed by atoms with Gasteiger partial charge in [0.25, 0.3) is 6.47 Å². The zero-order valence-electron chi connectivity index (χ0n) is 11.6. The molecule has 2 saturated carbocycles. The van der Waals surface area contributed by atoms with E-state index in [1.165, 1.54) is 31.3 Å². The molecule has 3 atom stereocenters. The zero-order valence-corrected chi connectivity index (χ0v) is 11.6. The van der Waals surface area contributed by atoms with Gasteiger partial charge >= 0.3 is 0 Å². The van der Waals surface area contributed by atoms with Crippen LogP contribution in [0.3, 0.4) is 0 Å². The van der Waals surface area contributed by atoms with Crippen LogP contribution in [-0.2, 0) is 9.53 Å². The molecule has 0 spiro atoms. The lowest BCUT2D eigenvalue weighted by atomic mass is 9.69. The van der Waals surface area contributed by atoms with Crippen LogP contribution in [0.25, 0.3) is 0 Å². The first-order valence-electron chi connectivity index (χ1n) is 6.98. The predicted molar refractivity (Wildman–Crippen MR) is 73.1 cm³/mol. The molecule has 0 radical (unpaired) electrons. The molecular weight excluding hydrogens is 224 g/mol. The fourth-order valence-corrected chi connectivity index (χ4v) is 3.81. The Hall–Kier alpha value is -1.05. The summed E-state index contributed by atoms with van der Waals surface area (Å²) >= 11 is 0. The molecule has 0 aromatic rings. The molecule has 2 aliphatic rings. The Kier molecular flexibility index (Phi) is 3.94. The SMILES string of the molecule is C=C1C2CCC(C2)C1(C)CC/C=C(\C)COC=O. The van der Waals surface area contributed by atoms with Crippen LogP contribution in [0.4, 0.5) is 0 Å². The predicted octanol–water partition coefficient (Wildman–Crippen LogP) is 3.88. The van der Waals surface area contributed by atoms with Crippen molar-refractivity contribution in [1.29, 1.82) is 0 Å². The Morgan fingerprint density at radius 1 is 1.56 bits per heavy atom. The van der Waals surface area contributed by atoms with E-state index in [1.54, 1.807) is 0 Å². The van der Waals surface area contributed by atoms with Crippen molar-refractivity contribution in [2.75, 3.05) is 6.61 Å². The zero-order chi connectivity index (χ0) is 13.2. The van der Waals surface area contributed by atoms with Crippen LogP contribution in [0.2, 0.25) is 0 Å².